The second-order valence-electron chi connectivity index (χ2n) is 4.92. The lowest BCUT2D eigenvalue weighted by Gasteiger charge is -2.11. The van der Waals surface area contributed by atoms with E-state index in [0.29, 0.717) is 0 Å². The number of aryl methyl sites for hydroxylation is 1. The molecule has 2 aromatic rings. The number of hydrogen-bond acceptors (Lipinski definition) is 4. The Morgan fingerprint density at radius 3 is 3.05 bits per heavy atom. The van der Waals surface area contributed by atoms with Gasteiger partial charge in [-0.05, 0) is 34.8 Å². The van der Waals surface area contributed by atoms with Crippen molar-refractivity contribution >= 4 is 21.9 Å². The fourth-order valence-electron chi connectivity index (χ4n) is 2.31. The van der Waals surface area contributed by atoms with Gasteiger partial charge < -0.3 is 10.6 Å². The Bertz CT molecular complexity index is 594. The summed E-state index contributed by atoms with van der Waals surface area (Å²) >= 11 is 3.60. The fraction of sp³-hybridized carbons (Fsp3) is 0.385. The predicted octanol–water partition coefficient (Wildman–Crippen LogP) is 2.08. The number of hydrogen-bond donors (Lipinski definition) is 2. The van der Waals surface area contributed by atoms with E-state index < -0.39 is 0 Å². The third-order valence-corrected chi connectivity index (χ3v) is 4.48. The van der Waals surface area contributed by atoms with Crippen LogP contribution >= 0.6 is 15.9 Å². The molecule has 3 rings (SSSR count). The third-order valence-electron chi connectivity index (χ3n) is 3.43. The van der Waals surface area contributed by atoms with E-state index >= 15 is 0 Å². The Hall–Kier alpha value is -1.40. The number of anilines is 1. The van der Waals surface area contributed by atoms with Gasteiger partial charge in [-0.3, -0.25) is 5.10 Å². The smallest absolute Gasteiger partial charge is 0.245 e. The Balaban J connectivity index is 1.91. The third kappa shape index (κ3) is 2.37. The van der Waals surface area contributed by atoms with Crippen LogP contribution in [0.25, 0.3) is 11.4 Å². The molecule has 1 aliphatic heterocycles. The summed E-state index contributed by atoms with van der Waals surface area (Å²) in [5.41, 5.74) is 8.12. The van der Waals surface area contributed by atoms with Crippen LogP contribution in [0.1, 0.15) is 12.0 Å². The highest BCUT2D eigenvalue weighted by Gasteiger charge is 2.22. The molecule has 1 atom stereocenters. The second kappa shape index (κ2) is 4.94. The van der Waals surface area contributed by atoms with Gasteiger partial charge in [-0.15, -0.1) is 5.10 Å². The summed E-state index contributed by atoms with van der Waals surface area (Å²) in [5.74, 6) is 1.52. The number of aromatic nitrogens is 3. The van der Waals surface area contributed by atoms with Crippen LogP contribution in [0.15, 0.2) is 22.7 Å². The monoisotopic (exact) mass is 321 g/mol. The zero-order valence-corrected chi connectivity index (χ0v) is 12.3. The molecule has 1 fully saturated rings. The van der Waals surface area contributed by atoms with Crippen molar-refractivity contribution in [3.8, 4) is 11.4 Å². The molecule has 100 valence electrons. The number of nitrogens with two attached hydrogens (primary N) is 1. The van der Waals surface area contributed by atoms with E-state index in [4.69, 9.17) is 5.73 Å². The number of H-pyrrole nitrogens is 1. The molecule has 0 saturated carbocycles. The number of rotatable bonds is 2. The SMILES string of the molecule is Cc1cccc(-c2nc(N3CCC(N)C3)n[nH]2)c1Br. The minimum atomic E-state index is 0.229. The second-order valence-corrected chi connectivity index (χ2v) is 5.71. The van der Waals surface area contributed by atoms with Crippen LogP contribution in [0.3, 0.4) is 0 Å². The summed E-state index contributed by atoms with van der Waals surface area (Å²) in [6.45, 7) is 3.81. The number of nitrogens with one attached hydrogen (secondary N) is 1. The molecule has 5 nitrogen and oxygen atoms in total. The van der Waals surface area contributed by atoms with E-state index in [1.54, 1.807) is 0 Å². The standard InChI is InChI=1S/C13H16BrN5/c1-8-3-2-4-10(11(8)14)12-16-13(18-17-12)19-6-5-9(15)7-19/h2-4,9H,5-7,15H2,1H3,(H,16,17,18). The molecule has 1 aliphatic rings. The van der Waals surface area contributed by atoms with Gasteiger partial charge in [0.1, 0.15) is 0 Å². The van der Waals surface area contributed by atoms with E-state index in [1.807, 2.05) is 12.1 Å². The van der Waals surface area contributed by atoms with Crippen LogP contribution in [0, 0.1) is 6.92 Å². The summed E-state index contributed by atoms with van der Waals surface area (Å²) in [6, 6.07) is 6.33. The first-order valence-corrected chi connectivity index (χ1v) is 7.13. The van der Waals surface area contributed by atoms with Crippen LogP contribution in [-0.2, 0) is 0 Å². The van der Waals surface area contributed by atoms with Gasteiger partial charge in [-0.1, -0.05) is 18.2 Å². The zero-order valence-electron chi connectivity index (χ0n) is 10.7. The van der Waals surface area contributed by atoms with Gasteiger partial charge in [-0.25, -0.2) is 0 Å². The molecule has 3 N–H and O–H groups in total. The van der Waals surface area contributed by atoms with Crippen molar-refractivity contribution in [2.75, 3.05) is 18.0 Å². The van der Waals surface area contributed by atoms with Crippen molar-refractivity contribution in [2.24, 2.45) is 5.73 Å². The van der Waals surface area contributed by atoms with Crippen molar-refractivity contribution in [3.63, 3.8) is 0 Å². The molecule has 0 amide bonds. The lowest BCUT2D eigenvalue weighted by Crippen LogP contribution is -2.26. The maximum atomic E-state index is 5.91. The summed E-state index contributed by atoms with van der Waals surface area (Å²) in [7, 11) is 0. The number of benzene rings is 1. The Kier molecular flexibility index (Phi) is 3.28. The largest absolute Gasteiger partial charge is 0.338 e. The van der Waals surface area contributed by atoms with Gasteiger partial charge in [0, 0.05) is 29.2 Å². The first-order chi connectivity index (χ1) is 9.15. The summed E-state index contributed by atoms with van der Waals surface area (Å²) in [5, 5.41) is 7.30. The van der Waals surface area contributed by atoms with Crippen LogP contribution in [0.4, 0.5) is 5.95 Å². The van der Waals surface area contributed by atoms with Crippen molar-refractivity contribution in [2.45, 2.75) is 19.4 Å². The van der Waals surface area contributed by atoms with Crippen LogP contribution < -0.4 is 10.6 Å². The molecule has 0 bridgehead atoms. The van der Waals surface area contributed by atoms with E-state index in [0.717, 1.165) is 41.3 Å². The molecular weight excluding hydrogens is 306 g/mol. The van der Waals surface area contributed by atoms with Gasteiger partial charge >= 0.3 is 0 Å². The van der Waals surface area contributed by atoms with E-state index in [9.17, 15) is 0 Å². The summed E-state index contributed by atoms with van der Waals surface area (Å²) in [4.78, 5) is 6.69. The first-order valence-electron chi connectivity index (χ1n) is 6.33. The highest BCUT2D eigenvalue weighted by molar-refractivity contribution is 9.10. The Labute approximate surface area is 120 Å². The maximum absolute atomic E-state index is 5.91. The van der Waals surface area contributed by atoms with Gasteiger partial charge in [0.15, 0.2) is 5.82 Å². The lowest BCUT2D eigenvalue weighted by atomic mass is 10.1. The number of halogens is 1. The highest BCUT2D eigenvalue weighted by atomic mass is 79.9. The number of nitrogens with zero attached hydrogens (tertiary/aromatic N) is 3. The molecule has 1 unspecified atom stereocenters. The molecule has 0 radical (unpaired) electrons. The molecule has 2 heterocycles. The molecule has 0 aliphatic carbocycles. The molecule has 6 heteroatoms. The predicted molar refractivity (Wildman–Crippen MR) is 79.1 cm³/mol. The van der Waals surface area contributed by atoms with E-state index in [2.05, 4.69) is 49.0 Å². The van der Waals surface area contributed by atoms with Crippen molar-refractivity contribution in [1.29, 1.82) is 0 Å². The van der Waals surface area contributed by atoms with Crippen LogP contribution in [0.5, 0.6) is 0 Å². The van der Waals surface area contributed by atoms with Crippen molar-refractivity contribution in [3.05, 3.63) is 28.2 Å². The molecule has 19 heavy (non-hydrogen) atoms. The molecule has 1 aromatic carbocycles. The Morgan fingerprint density at radius 1 is 1.47 bits per heavy atom. The zero-order chi connectivity index (χ0) is 13.4. The average molecular weight is 322 g/mol. The molecule has 1 saturated heterocycles. The summed E-state index contributed by atoms with van der Waals surface area (Å²) < 4.78 is 1.05. The fourth-order valence-corrected chi connectivity index (χ4v) is 2.77. The molecule has 0 spiro atoms. The minimum Gasteiger partial charge on any atom is -0.338 e. The summed E-state index contributed by atoms with van der Waals surface area (Å²) in [6.07, 6.45) is 0.998. The number of aromatic amines is 1. The molecule has 1 aromatic heterocycles. The molecular formula is C13H16BrN5. The Morgan fingerprint density at radius 2 is 2.32 bits per heavy atom. The first kappa shape index (κ1) is 12.6. The quantitative estimate of drug-likeness (QED) is 0.888. The average Bonchev–Trinajstić information content (AvgIpc) is 3.01. The van der Waals surface area contributed by atoms with E-state index in [1.165, 1.54) is 5.56 Å². The normalized spacial score (nSPS) is 19.1. The topological polar surface area (TPSA) is 70.8 Å². The van der Waals surface area contributed by atoms with Gasteiger partial charge in [0.2, 0.25) is 5.95 Å². The van der Waals surface area contributed by atoms with Gasteiger partial charge in [0.25, 0.3) is 0 Å². The van der Waals surface area contributed by atoms with Crippen LogP contribution in [0.2, 0.25) is 0 Å². The van der Waals surface area contributed by atoms with Crippen molar-refractivity contribution < 1.29 is 0 Å². The lowest BCUT2D eigenvalue weighted by molar-refractivity contribution is 0.750. The minimum absolute atomic E-state index is 0.229. The van der Waals surface area contributed by atoms with Gasteiger partial charge in [0.05, 0.1) is 0 Å². The highest BCUT2D eigenvalue weighted by Crippen LogP contribution is 2.29. The van der Waals surface area contributed by atoms with Gasteiger partial charge in [-0.2, -0.15) is 4.98 Å². The maximum Gasteiger partial charge on any atom is 0.245 e. The van der Waals surface area contributed by atoms with Crippen molar-refractivity contribution in [1.82, 2.24) is 15.2 Å². The van der Waals surface area contributed by atoms with Crippen LogP contribution in [-0.4, -0.2) is 34.3 Å². The van der Waals surface area contributed by atoms with E-state index in [-0.39, 0.29) is 6.04 Å².